The lowest BCUT2D eigenvalue weighted by molar-refractivity contribution is -0.384. The Balaban J connectivity index is 2.16. The van der Waals surface area contributed by atoms with Crippen molar-refractivity contribution in [1.82, 2.24) is 4.98 Å². The average Bonchev–Trinajstić information content (AvgIpc) is 2.52. The van der Waals surface area contributed by atoms with E-state index >= 15 is 0 Å². The van der Waals surface area contributed by atoms with Crippen LogP contribution in [0.25, 0.3) is 0 Å². The average molecular weight is 301 g/mol. The predicted octanol–water partition coefficient (Wildman–Crippen LogP) is 2.41. The first-order valence-corrected chi connectivity index (χ1v) is 6.52. The molecule has 22 heavy (non-hydrogen) atoms. The van der Waals surface area contributed by atoms with Crippen LogP contribution in [-0.2, 0) is 11.3 Å². The van der Waals surface area contributed by atoms with E-state index in [9.17, 15) is 14.9 Å². The number of hydrogen-bond donors (Lipinski definition) is 0. The molecule has 7 nitrogen and oxygen atoms in total. The molecule has 114 valence electrons. The number of esters is 1. The molecule has 0 atom stereocenters. The van der Waals surface area contributed by atoms with Gasteiger partial charge in [0.25, 0.3) is 0 Å². The number of ether oxygens (including phenoxy) is 1. The first-order chi connectivity index (χ1) is 10.5. The van der Waals surface area contributed by atoms with Crippen molar-refractivity contribution in [3.63, 3.8) is 0 Å². The van der Waals surface area contributed by atoms with Gasteiger partial charge in [-0.2, -0.15) is 0 Å². The van der Waals surface area contributed by atoms with Crippen LogP contribution in [0.1, 0.15) is 15.9 Å². The van der Waals surface area contributed by atoms with Gasteiger partial charge in [-0.15, -0.1) is 0 Å². The minimum Gasteiger partial charge on any atom is -0.457 e. The van der Waals surface area contributed by atoms with E-state index in [0.717, 1.165) is 5.56 Å². The molecule has 0 amide bonds. The van der Waals surface area contributed by atoms with Crippen molar-refractivity contribution in [2.75, 3.05) is 19.0 Å². The summed E-state index contributed by atoms with van der Waals surface area (Å²) >= 11 is 0. The largest absolute Gasteiger partial charge is 0.457 e. The van der Waals surface area contributed by atoms with Crippen LogP contribution < -0.4 is 4.90 Å². The Hall–Kier alpha value is -2.96. The molecule has 1 aromatic carbocycles. The summed E-state index contributed by atoms with van der Waals surface area (Å²) in [6.07, 6.45) is 1.27. The predicted molar refractivity (Wildman–Crippen MR) is 80.8 cm³/mol. The molecule has 0 unspecified atom stereocenters. The summed E-state index contributed by atoms with van der Waals surface area (Å²) in [7, 11) is 3.28. The van der Waals surface area contributed by atoms with Crippen molar-refractivity contribution in [1.29, 1.82) is 0 Å². The number of aromatic nitrogens is 1. The Morgan fingerprint density at radius 2 is 2.00 bits per heavy atom. The maximum atomic E-state index is 12.0. The van der Waals surface area contributed by atoms with Crippen LogP contribution in [-0.4, -0.2) is 30.0 Å². The zero-order valence-corrected chi connectivity index (χ0v) is 12.2. The first kappa shape index (κ1) is 15.4. The Kier molecular flexibility index (Phi) is 4.67. The second kappa shape index (κ2) is 6.66. The lowest BCUT2D eigenvalue weighted by Crippen LogP contribution is -2.14. The summed E-state index contributed by atoms with van der Waals surface area (Å²) in [5, 5.41) is 11.1. The SMILES string of the molecule is CN(C)c1ncc(C(=O)OCc2ccccc2)cc1[N+](=O)[O-]. The second-order valence-electron chi connectivity index (χ2n) is 4.78. The molecule has 0 spiro atoms. The van der Waals surface area contributed by atoms with Gasteiger partial charge < -0.3 is 9.64 Å². The van der Waals surface area contributed by atoms with Gasteiger partial charge in [0, 0.05) is 26.4 Å². The lowest BCUT2D eigenvalue weighted by Gasteiger charge is -2.12. The summed E-state index contributed by atoms with van der Waals surface area (Å²) in [6.45, 7) is 0.100. The molecule has 1 aromatic heterocycles. The highest BCUT2D eigenvalue weighted by Gasteiger charge is 2.21. The number of hydrogen-bond acceptors (Lipinski definition) is 6. The molecular weight excluding hydrogens is 286 g/mol. The third-order valence-corrected chi connectivity index (χ3v) is 2.92. The molecule has 0 saturated heterocycles. The fraction of sp³-hybridized carbons (Fsp3) is 0.200. The van der Waals surface area contributed by atoms with Crippen LogP contribution in [0.15, 0.2) is 42.6 Å². The van der Waals surface area contributed by atoms with Gasteiger partial charge in [0.2, 0.25) is 5.82 Å². The molecule has 2 rings (SSSR count). The second-order valence-corrected chi connectivity index (χ2v) is 4.78. The summed E-state index contributed by atoms with van der Waals surface area (Å²) in [5.74, 6) is -0.464. The molecule has 7 heteroatoms. The topological polar surface area (TPSA) is 85.6 Å². The zero-order chi connectivity index (χ0) is 16.1. The molecule has 0 radical (unpaired) electrons. The summed E-state index contributed by atoms with van der Waals surface area (Å²) in [5.41, 5.74) is 0.649. The first-order valence-electron chi connectivity index (χ1n) is 6.52. The molecule has 1 heterocycles. The number of rotatable bonds is 5. The standard InChI is InChI=1S/C15H15N3O4/c1-17(2)14-13(18(20)21)8-12(9-16-14)15(19)22-10-11-6-4-3-5-7-11/h3-9H,10H2,1-2H3. The maximum absolute atomic E-state index is 12.0. The molecule has 0 saturated carbocycles. The Morgan fingerprint density at radius 1 is 1.32 bits per heavy atom. The zero-order valence-electron chi connectivity index (χ0n) is 12.2. The highest BCUT2D eigenvalue weighted by molar-refractivity contribution is 5.90. The van der Waals surface area contributed by atoms with Crippen molar-refractivity contribution < 1.29 is 14.5 Å². The fourth-order valence-electron chi connectivity index (χ4n) is 1.84. The monoisotopic (exact) mass is 301 g/mol. The molecule has 0 fully saturated rings. The van der Waals surface area contributed by atoms with E-state index in [1.54, 1.807) is 14.1 Å². The molecule has 0 aliphatic carbocycles. The molecule has 0 N–H and O–H groups in total. The molecule has 2 aromatic rings. The van der Waals surface area contributed by atoms with Crippen LogP contribution in [0.5, 0.6) is 0 Å². The molecule has 0 aliphatic heterocycles. The van der Waals surface area contributed by atoms with Crippen LogP contribution in [0.4, 0.5) is 11.5 Å². The summed E-state index contributed by atoms with van der Waals surface area (Å²) in [6, 6.07) is 10.4. The van der Waals surface area contributed by atoms with E-state index in [1.807, 2.05) is 30.3 Å². The third kappa shape index (κ3) is 3.57. The van der Waals surface area contributed by atoms with Gasteiger partial charge in [-0.25, -0.2) is 9.78 Å². The van der Waals surface area contributed by atoms with Gasteiger partial charge >= 0.3 is 11.7 Å². The quantitative estimate of drug-likeness (QED) is 0.479. The van der Waals surface area contributed by atoms with Crippen molar-refractivity contribution in [3.8, 4) is 0 Å². The fourth-order valence-corrected chi connectivity index (χ4v) is 1.84. The minimum absolute atomic E-state index is 0.0493. The van der Waals surface area contributed by atoms with E-state index in [1.165, 1.54) is 17.2 Å². The van der Waals surface area contributed by atoms with Crippen LogP contribution in [0, 0.1) is 10.1 Å². The van der Waals surface area contributed by atoms with Crippen LogP contribution in [0.2, 0.25) is 0 Å². The highest BCUT2D eigenvalue weighted by atomic mass is 16.6. The van der Waals surface area contributed by atoms with E-state index in [-0.39, 0.29) is 23.7 Å². The lowest BCUT2D eigenvalue weighted by atomic mass is 10.2. The number of nitro groups is 1. The van der Waals surface area contributed by atoms with Gasteiger partial charge in [-0.1, -0.05) is 30.3 Å². The van der Waals surface area contributed by atoms with E-state index in [2.05, 4.69) is 4.98 Å². The van der Waals surface area contributed by atoms with Gasteiger partial charge in [0.05, 0.1) is 10.5 Å². The van der Waals surface area contributed by atoms with Gasteiger partial charge in [0.1, 0.15) is 6.61 Å². The smallest absolute Gasteiger partial charge is 0.340 e. The number of carbonyl (C=O) groups excluding carboxylic acids is 1. The van der Waals surface area contributed by atoms with Gasteiger partial charge in [-0.3, -0.25) is 10.1 Å². The van der Waals surface area contributed by atoms with Crippen molar-refractivity contribution in [3.05, 3.63) is 63.8 Å². The van der Waals surface area contributed by atoms with E-state index in [0.29, 0.717) is 0 Å². The minimum atomic E-state index is -0.648. The highest BCUT2D eigenvalue weighted by Crippen LogP contribution is 2.25. The Bertz CT molecular complexity index is 686. The van der Waals surface area contributed by atoms with Crippen molar-refractivity contribution >= 4 is 17.5 Å². The summed E-state index contributed by atoms with van der Waals surface area (Å²) < 4.78 is 5.13. The normalized spacial score (nSPS) is 10.1. The van der Waals surface area contributed by atoms with E-state index < -0.39 is 10.9 Å². The van der Waals surface area contributed by atoms with Crippen molar-refractivity contribution in [2.45, 2.75) is 6.61 Å². The molecular formula is C15H15N3O4. The number of carbonyl (C=O) groups is 1. The number of benzene rings is 1. The van der Waals surface area contributed by atoms with Crippen LogP contribution >= 0.6 is 0 Å². The number of nitrogens with zero attached hydrogens (tertiary/aromatic N) is 3. The molecule has 0 aliphatic rings. The van der Waals surface area contributed by atoms with E-state index in [4.69, 9.17) is 4.74 Å². The Morgan fingerprint density at radius 3 is 2.59 bits per heavy atom. The Labute approximate surface area is 127 Å². The summed E-state index contributed by atoms with van der Waals surface area (Å²) in [4.78, 5) is 27.9. The number of anilines is 1. The van der Waals surface area contributed by atoms with Gasteiger partial charge in [0.15, 0.2) is 0 Å². The number of pyridine rings is 1. The van der Waals surface area contributed by atoms with Crippen molar-refractivity contribution in [2.24, 2.45) is 0 Å². The molecule has 0 bridgehead atoms. The van der Waals surface area contributed by atoms with Gasteiger partial charge in [-0.05, 0) is 5.56 Å². The third-order valence-electron chi connectivity index (χ3n) is 2.92. The van der Waals surface area contributed by atoms with Crippen LogP contribution in [0.3, 0.4) is 0 Å². The maximum Gasteiger partial charge on any atom is 0.340 e.